The fourth-order valence-corrected chi connectivity index (χ4v) is 5.78. The average molecular weight is 569 g/mol. The maximum atomic E-state index is 13.0. The molecule has 8 nitrogen and oxygen atoms in total. The normalized spacial score (nSPS) is 19.9. The molecule has 2 aliphatic heterocycles. The zero-order valence-corrected chi connectivity index (χ0v) is 22.7. The number of nitrogens with zero attached hydrogens (tertiary/aromatic N) is 2. The fourth-order valence-electron chi connectivity index (χ4n) is 5.78. The molecular weight excluding hydrogens is 537 g/mol. The van der Waals surface area contributed by atoms with Crippen LogP contribution in [-0.2, 0) is 6.54 Å². The van der Waals surface area contributed by atoms with E-state index in [9.17, 15) is 22.8 Å². The molecule has 0 radical (unpaired) electrons. The van der Waals surface area contributed by atoms with Crippen molar-refractivity contribution in [2.24, 2.45) is 0 Å². The number of halogens is 3. The summed E-state index contributed by atoms with van der Waals surface area (Å²) in [6.07, 6.45) is 0.405. The Bertz CT molecular complexity index is 1380. The lowest BCUT2D eigenvalue weighted by Gasteiger charge is -2.40. The highest BCUT2D eigenvalue weighted by molar-refractivity contribution is 5.96. The first-order valence-electron chi connectivity index (χ1n) is 13.4. The summed E-state index contributed by atoms with van der Waals surface area (Å²) in [7, 11) is 1.59. The monoisotopic (exact) mass is 568 g/mol. The number of fused-ring (bicyclic) bond motifs is 2. The van der Waals surface area contributed by atoms with E-state index in [0.717, 1.165) is 37.1 Å². The number of rotatable bonds is 8. The van der Waals surface area contributed by atoms with Crippen molar-refractivity contribution in [3.63, 3.8) is 0 Å². The third-order valence-corrected chi connectivity index (χ3v) is 7.70. The molecule has 41 heavy (non-hydrogen) atoms. The van der Waals surface area contributed by atoms with E-state index in [1.807, 2.05) is 31.2 Å². The maximum absolute atomic E-state index is 13.0. The van der Waals surface area contributed by atoms with Gasteiger partial charge in [0.25, 0.3) is 11.8 Å². The van der Waals surface area contributed by atoms with Crippen molar-refractivity contribution in [1.82, 2.24) is 15.6 Å². The van der Waals surface area contributed by atoms with Crippen LogP contribution in [0.15, 0.2) is 60.8 Å². The van der Waals surface area contributed by atoms with Gasteiger partial charge in [0.2, 0.25) is 0 Å². The molecule has 0 saturated carbocycles. The van der Waals surface area contributed by atoms with E-state index in [2.05, 4.69) is 25.3 Å². The Morgan fingerprint density at radius 2 is 1.71 bits per heavy atom. The summed E-state index contributed by atoms with van der Waals surface area (Å²) >= 11 is 0. The molecule has 1 aromatic heterocycles. The number of amides is 2. The number of ether oxygens (including phenoxy) is 2. The van der Waals surface area contributed by atoms with Crippen molar-refractivity contribution in [3.05, 3.63) is 83.0 Å². The number of hydrogen-bond acceptors (Lipinski definition) is 6. The van der Waals surface area contributed by atoms with Gasteiger partial charge in [-0.2, -0.15) is 0 Å². The molecule has 2 aliphatic rings. The predicted octanol–water partition coefficient (Wildman–Crippen LogP) is 5.16. The maximum Gasteiger partial charge on any atom is 0.573 e. The number of carbonyl (C=O) groups is 2. The number of piperidine rings is 1. The van der Waals surface area contributed by atoms with Crippen LogP contribution in [0, 0.1) is 6.92 Å². The van der Waals surface area contributed by atoms with Gasteiger partial charge in [-0.15, -0.1) is 13.2 Å². The van der Waals surface area contributed by atoms with Crippen molar-refractivity contribution in [2.75, 3.05) is 12.0 Å². The molecule has 0 spiro atoms. The molecule has 2 bridgehead atoms. The summed E-state index contributed by atoms with van der Waals surface area (Å²) in [5, 5.41) is 5.97. The molecule has 2 saturated heterocycles. The van der Waals surface area contributed by atoms with E-state index in [0.29, 0.717) is 22.4 Å². The molecule has 2 fully saturated rings. The Kier molecular flexibility index (Phi) is 8.05. The Morgan fingerprint density at radius 1 is 1.00 bits per heavy atom. The first-order valence-corrected chi connectivity index (χ1v) is 13.4. The molecule has 0 unspecified atom stereocenters. The number of carbonyl (C=O) groups excluding carboxylic acids is 2. The first kappa shape index (κ1) is 28.3. The molecular formula is C30H31F3N4O4. The van der Waals surface area contributed by atoms with E-state index in [-0.39, 0.29) is 42.2 Å². The van der Waals surface area contributed by atoms with E-state index >= 15 is 0 Å². The highest BCUT2D eigenvalue weighted by Crippen LogP contribution is 2.38. The smallest absolute Gasteiger partial charge is 0.496 e. The number of nitrogens with one attached hydrogen (secondary N) is 2. The third kappa shape index (κ3) is 6.55. The SMILES string of the molecule is COc1cccc(C(=O)N[C@H]2C[C@H]3CC[C@@H](C2)N3c2ccc(C(=O)NCc3ccc(OC(F)(F)F)cc3)cn2)c1C. The number of pyridine rings is 1. The van der Waals surface area contributed by atoms with Gasteiger partial charge in [-0.1, -0.05) is 18.2 Å². The van der Waals surface area contributed by atoms with Crippen LogP contribution in [0.1, 0.15) is 57.5 Å². The van der Waals surface area contributed by atoms with Crippen molar-refractivity contribution in [3.8, 4) is 11.5 Å². The zero-order valence-electron chi connectivity index (χ0n) is 22.7. The topological polar surface area (TPSA) is 92.8 Å². The molecule has 0 aliphatic carbocycles. The standard InChI is InChI=1S/C30H31F3N4O4/c1-18-25(4-3-5-26(18)40-2)29(39)36-21-14-22-9-10-23(15-21)37(22)27-13-8-20(17-34-27)28(38)35-16-19-6-11-24(12-7-19)41-30(31,32)33/h3-8,11-13,17,21-23H,9-10,14-16H2,1-2H3,(H,35,38)(H,36,39)/t21-,22+,23-. The fraction of sp³-hybridized carbons (Fsp3) is 0.367. The summed E-state index contributed by atoms with van der Waals surface area (Å²) in [6.45, 7) is 2.02. The largest absolute Gasteiger partial charge is 0.573 e. The number of aromatic nitrogens is 1. The van der Waals surface area contributed by atoms with Gasteiger partial charge in [0.1, 0.15) is 17.3 Å². The number of anilines is 1. The molecule has 2 amide bonds. The van der Waals surface area contributed by atoms with Gasteiger partial charge in [-0.05, 0) is 74.6 Å². The molecule has 3 aromatic rings. The van der Waals surface area contributed by atoms with Crippen LogP contribution in [0.3, 0.4) is 0 Å². The van der Waals surface area contributed by atoms with Crippen LogP contribution in [-0.4, -0.2) is 48.4 Å². The third-order valence-electron chi connectivity index (χ3n) is 7.70. The first-order chi connectivity index (χ1) is 19.6. The van der Waals surface area contributed by atoms with Gasteiger partial charge in [0, 0.05) is 42.0 Å². The van der Waals surface area contributed by atoms with Gasteiger partial charge in [0.05, 0.1) is 12.7 Å². The van der Waals surface area contributed by atoms with Crippen LogP contribution < -0.4 is 25.0 Å². The Labute approximate surface area is 235 Å². The summed E-state index contributed by atoms with van der Waals surface area (Å²) in [5.74, 6) is 0.724. The molecule has 5 rings (SSSR count). The second-order valence-corrected chi connectivity index (χ2v) is 10.3. The summed E-state index contributed by atoms with van der Waals surface area (Å²) in [5.41, 5.74) is 2.44. The van der Waals surface area contributed by atoms with Crippen molar-refractivity contribution < 1.29 is 32.2 Å². The van der Waals surface area contributed by atoms with Gasteiger partial charge in [-0.25, -0.2) is 4.98 Å². The quantitative estimate of drug-likeness (QED) is 0.390. The van der Waals surface area contributed by atoms with E-state index in [1.165, 1.54) is 30.5 Å². The van der Waals surface area contributed by atoms with Gasteiger partial charge >= 0.3 is 6.36 Å². The lowest BCUT2D eigenvalue weighted by Crippen LogP contribution is -2.50. The van der Waals surface area contributed by atoms with Crippen molar-refractivity contribution in [2.45, 2.75) is 63.6 Å². The van der Waals surface area contributed by atoms with Gasteiger partial charge in [0.15, 0.2) is 0 Å². The molecule has 3 heterocycles. The van der Waals surface area contributed by atoms with E-state index in [1.54, 1.807) is 13.2 Å². The second kappa shape index (κ2) is 11.7. The second-order valence-electron chi connectivity index (χ2n) is 10.3. The van der Waals surface area contributed by atoms with Gasteiger partial charge in [-0.3, -0.25) is 9.59 Å². The van der Waals surface area contributed by atoms with E-state index in [4.69, 9.17) is 4.74 Å². The summed E-state index contributed by atoms with van der Waals surface area (Å²) in [6, 6.07) is 14.9. The lowest BCUT2D eigenvalue weighted by molar-refractivity contribution is -0.274. The molecule has 2 N–H and O–H groups in total. The molecule has 216 valence electrons. The summed E-state index contributed by atoms with van der Waals surface area (Å²) < 4.78 is 46.2. The highest BCUT2D eigenvalue weighted by atomic mass is 19.4. The lowest BCUT2D eigenvalue weighted by atomic mass is 9.96. The van der Waals surface area contributed by atoms with Crippen molar-refractivity contribution >= 4 is 17.6 Å². The van der Waals surface area contributed by atoms with Crippen LogP contribution in [0.25, 0.3) is 0 Å². The average Bonchev–Trinajstić information content (AvgIpc) is 3.21. The number of methoxy groups -OCH3 is 1. The number of alkyl halides is 3. The van der Waals surface area contributed by atoms with Crippen LogP contribution in [0.5, 0.6) is 11.5 Å². The minimum Gasteiger partial charge on any atom is -0.496 e. The van der Waals surface area contributed by atoms with Crippen LogP contribution in [0.2, 0.25) is 0 Å². The number of hydrogen-bond donors (Lipinski definition) is 2. The molecule has 11 heteroatoms. The predicted molar refractivity (Wildman–Crippen MR) is 146 cm³/mol. The minimum absolute atomic E-state index is 0.0565. The van der Waals surface area contributed by atoms with Crippen LogP contribution in [0.4, 0.5) is 19.0 Å². The zero-order chi connectivity index (χ0) is 29.1. The minimum atomic E-state index is -4.75. The molecule has 2 aromatic carbocycles. The summed E-state index contributed by atoms with van der Waals surface area (Å²) in [4.78, 5) is 32.5. The van der Waals surface area contributed by atoms with Crippen LogP contribution >= 0.6 is 0 Å². The highest BCUT2D eigenvalue weighted by Gasteiger charge is 2.42. The van der Waals surface area contributed by atoms with E-state index < -0.39 is 6.36 Å². The van der Waals surface area contributed by atoms with Crippen molar-refractivity contribution in [1.29, 1.82) is 0 Å². The molecule has 3 atom stereocenters. The number of benzene rings is 2. The Hall–Kier alpha value is -4.28. The van der Waals surface area contributed by atoms with Gasteiger partial charge < -0.3 is 25.0 Å². The Morgan fingerprint density at radius 3 is 2.32 bits per heavy atom. The Balaban J connectivity index is 1.15.